The number of carbonyl (C=O) groups is 3. The zero-order valence-corrected chi connectivity index (χ0v) is 12.9. The number of rotatable bonds is 6. The molecule has 1 aromatic carbocycles. The molecule has 7 nitrogen and oxygen atoms in total. The highest BCUT2D eigenvalue weighted by Crippen LogP contribution is 2.15. The van der Waals surface area contributed by atoms with E-state index < -0.39 is 17.5 Å². The van der Waals surface area contributed by atoms with Crippen molar-refractivity contribution in [1.29, 1.82) is 0 Å². The summed E-state index contributed by atoms with van der Waals surface area (Å²) in [5.74, 6) is -1.07. The van der Waals surface area contributed by atoms with E-state index in [-0.39, 0.29) is 12.3 Å². The van der Waals surface area contributed by atoms with Crippen LogP contribution in [-0.2, 0) is 9.59 Å². The van der Waals surface area contributed by atoms with Gasteiger partial charge in [-0.3, -0.25) is 9.59 Å². The molecule has 1 rings (SSSR count). The minimum Gasteiger partial charge on any atom is -0.481 e. The first-order valence-electron chi connectivity index (χ1n) is 6.86. The molecule has 0 spiro atoms. The minimum absolute atomic E-state index is 0.0152. The second kappa shape index (κ2) is 7.44. The summed E-state index contributed by atoms with van der Waals surface area (Å²) in [5, 5.41) is 16.7. The van der Waals surface area contributed by atoms with E-state index in [0.717, 1.165) is 0 Å². The van der Waals surface area contributed by atoms with Crippen molar-refractivity contribution in [3.63, 3.8) is 0 Å². The van der Waals surface area contributed by atoms with Crippen LogP contribution in [0.25, 0.3) is 0 Å². The fourth-order valence-corrected chi connectivity index (χ4v) is 1.79. The normalized spacial score (nSPS) is 10.7. The van der Waals surface area contributed by atoms with Crippen molar-refractivity contribution < 1.29 is 19.5 Å². The van der Waals surface area contributed by atoms with Crippen molar-refractivity contribution >= 4 is 29.3 Å². The van der Waals surface area contributed by atoms with Gasteiger partial charge < -0.3 is 21.1 Å². The molecule has 4 N–H and O–H groups in total. The summed E-state index contributed by atoms with van der Waals surface area (Å²) in [5.41, 5.74) is 0.583. The number of hydrogen-bond donors (Lipinski definition) is 4. The number of urea groups is 1. The van der Waals surface area contributed by atoms with Crippen LogP contribution >= 0.6 is 0 Å². The van der Waals surface area contributed by atoms with Gasteiger partial charge in [-0.25, -0.2) is 4.79 Å². The SMILES string of the molecule is CC(=O)Nc1ccc(NC(=O)NC(C)(C)CCC(=O)O)cc1. The van der Waals surface area contributed by atoms with E-state index >= 15 is 0 Å². The third kappa shape index (κ3) is 6.74. The highest BCUT2D eigenvalue weighted by Gasteiger charge is 2.21. The Balaban J connectivity index is 2.54. The fourth-order valence-electron chi connectivity index (χ4n) is 1.79. The molecule has 0 aromatic heterocycles. The molecule has 0 atom stereocenters. The van der Waals surface area contributed by atoms with Gasteiger partial charge in [-0.2, -0.15) is 0 Å². The number of carbonyl (C=O) groups excluding carboxylic acids is 2. The lowest BCUT2D eigenvalue weighted by molar-refractivity contribution is -0.137. The van der Waals surface area contributed by atoms with Gasteiger partial charge in [-0.05, 0) is 44.5 Å². The monoisotopic (exact) mass is 307 g/mol. The van der Waals surface area contributed by atoms with Crippen molar-refractivity contribution in [2.75, 3.05) is 10.6 Å². The maximum absolute atomic E-state index is 11.9. The summed E-state index contributed by atoms with van der Waals surface area (Å²) >= 11 is 0. The summed E-state index contributed by atoms with van der Waals surface area (Å²) < 4.78 is 0. The molecular weight excluding hydrogens is 286 g/mol. The van der Waals surface area contributed by atoms with E-state index in [0.29, 0.717) is 17.8 Å². The summed E-state index contributed by atoms with van der Waals surface area (Å²) in [6, 6.07) is 6.26. The van der Waals surface area contributed by atoms with Gasteiger partial charge >= 0.3 is 12.0 Å². The van der Waals surface area contributed by atoms with Gasteiger partial charge in [-0.1, -0.05) is 0 Å². The molecule has 0 radical (unpaired) electrons. The lowest BCUT2D eigenvalue weighted by Gasteiger charge is -2.25. The Kier molecular flexibility index (Phi) is 5.91. The van der Waals surface area contributed by atoms with Crippen LogP contribution in [0.3, 0.4) is 0 Å². The number of amides is 3. The molecule has 0 fully saturated rings. The van der Waals surface area contributed by atoms with E-state index in [2.05, 4.69) is 16.0 Å². The molecule has 22 heavy (non-hydrogen) atoms. The standard InChI is InChI=1S/C15H21N3O4/c1-10(19)16-11-4-6-12(7-5-11)17-14(22)18-15(2,3)9-8-13(20)21/h4-7H,8-9H2,1-3H3,(H,16,19)(H,20,21)(H2,17,18,22). The average Bonchev–Trinajstić information content (AvgIpc) is 2.37. The quantitative estimate of drug-likeness (QED) is 0.647. The molecule has 0 aliphatic carbocycles. The summed E-state index contributed by atoms with van der Waals surface area (Å²) in [7, 11) is 0. The van der Waals surface area contributed by atoms with E-state index in [1.54, 1.807) is 38.1 Å². The van der Waals surface area contributed by atoms with Crippen LogP contribution in [0.2, 0.25) is 0 Å². The van der Waals surface area contributed by atoms with Crippen molar-refractivity contribution in [3.05, 3.63) is 24.3 Å². The van der Waals surface area contributed by atoms with E-state index in [1.807, 2.05) is 0 Å². The number of carboxylic acids is 1. The minimum atomic E-state index is -0.899. The summed E-state index contributed by atoms with van der Waals surface area (Å²) in [6.07, 6.45) is 0.315. The molecule has 3 amide bonds. The Morgan fingerprint density at radius 2 is 1.55 bits per heavy atom. The van der Waals surface area contributed by atoms with Crippen LogP contribution in [0.15, 0.2) is 24.3 Å². The van der Waals surface area contributed by atoms with Gasteiger partial charge in [0.25, 0.3) is 0 Å². The molecule has 0 unspecified atom stereocenters. The Labute approximate surface area is 129 Å². The largest absolute Gasteiger partial charge is 0.481 e. The molecule has 1 aromatic rings. The molecule has 120 valence electrons. The van der Waals surface area contributed by atoms with Gasteiger partial charge in [0.1, 0.15) is 0 Å². The second-order valence-corrected chi connectivity index (χ2v) is 5.62. The fraction of sp³-hybridized carbons (Fsp3) is 0.400. The number of anilines is 2. The Morgan fingerprint density at radius 3 is 2.00 bits per heavy atom. The molecule has 0 saturated carbocycles. The van der Waals surface area contributed by atoms with Crippen molar-refractivity contribution in [1.82, 2.24) is 5.32 Å². The predicted octanol–water partition coefficient (Wildman–Crippen LogP) is 2.41. The number of hydrogen-bond acceptors (Lipinski definition) is 3. The smallest absolute Gasteiger partial charge is 0.319 e. The van der Waals surface area contributed by atoms with E-state index in [9.17, 15) is 14.4 Å². The zero-order valence-electron chi connectivity index (χ0n) is 12.9. The predicted molar refractivity (Wildman–Crippen MR) is 83.8 cm³/mol. The first kappa shape index (κ1) is 17.5. The Morgan fingerprint density at radius 1 is 1.05 bits per heavy atom. The molecule has 0 heterocycles. The first-order valence-corrected chi connectivity index (χ1v) is 6.86. The van der Waals surface area contributed by atoms with Gasteiger partial charge in [0.2, 0.25) is 5.91 Å². The number of nitrogens with one attached hydrogen (secondary N) is 3. The maximum atomic E-state index is 11.9. The molecule has 0 saturated heterocycles. The van der Waals surface area contributed by atoms with Crippen LogP contribution in [0, 0.1) is 0 Å². The Bertz CT molecular complexity index is 552. The lowest BCUT2D eigenvalue weighted by atomic mass is 9.99. The lowest BCUT2D eigenvalue weighted by Crippen LogP contribution is -2.45. The van der Waals surface area contributed by atoms with Gasteiger partial charge in [-0.15, -0.1) is 0 Å². The van der Waals surface area contributed by atoms with Crippen LogP contribution in [-0.4, -0.2) is 28.6 Å². The number of benzene rings is 1. The maximum Gasteiger partial charge on any atom is 0.319 e. The van der Waals surface area contributed by atoms with Crippen LogP contribution in [0.1, 0.15) is 33.6 Å². The molecule has 0 bridgehead atoms. The highest BCUT2D eigenvalue weighted by atomic mass is 16.4. The molecule has 0 aliphatic heterocycles. The van der Waals surface area contributed by atoms with Gasteiger partial charge in [0, 0.05) is 30.3 Å². The number of carboxylic acid groups (broad SMARTS) is 1. The molecule has 7 heteroatoms. The van der Waals surface area contributed by atoms with Gasteiger partial charge in [0.15, 0.2) is 0 Å². The third-order valence-corrected chi connectivity index (χ3v) is 2.88. The first-order chi connectivity index (χ1) is 10.2. The summed E-state index contributed by atoms with van der Waals surface area (Å²) in [4.78, 5) is 33.4. The van der Waals surface area contributed by atoms with Crippen molar-refractivity contribution in [2.24, 2.45) is 0 Å². The van der Waals surface area contributed by atoms with E-state index in [4.69, 9.17) is 5.11 Å². The Hall–Kier alpha value is -2.57. The third-order valence-electron chi connectivity index (χ3n) is 2.88. The highest BCUT2D eigenvalue weighted by molar-refractivity contribution is 5.91. The zero-order chi connectivity index (χ0) is 16.8. The van der Waals surface area contributed by atoms with Crippen molar-refractivity contribution in [2.45, 2.75) is 39.2 Å². The molecule has 0 aliphatic rings. The van der Waals surface area contributed by atoms with Crippen molar-refractivity contribution in [3.8, 4) is 0 Å². The topological polar surface area (TPSA) is 108 Å². The van der Waals surface area contributed by atoms with Crippen LogP contribution in [0.5, 0.6) is 0 Å². The average molecular weight is 307 g/mol. The van der Waals surface area contributed by atoms with Gasteiger partial charge in [0.05, 0.1) is 0 Å². The van der Waals surface area contributed by atoms with Crippen LogP contribution in [0.4, 0.5) is 16.2 Å². The summed E-state index contributed by atoms with van der Waals surface area (Å²) in [6.45, 7) is 4.93. The molecular formula is C15H21N3O4. The van der Waals surface area contributed by atoms with Crippen LogP contribution < -0.4 is 16.0 Å². The van der Waals surface area contributed by atoms with E-state index in [1.165, 1.54) is 6.92 Å². The number of aliphatic carboxylic acids is 1. The second-order valence-electron chi connectivity index (χ2n) is 5.62.